The standard InChI is InChI=1S/C19H20N2O/c1-2-4-15(11-14-5-3-10-20-13-14)16-6-8-18-17(12-16)7-9-19(22)21-18/h3,5-6,8,10-13H,2,4,7,9H2,1H3,(H,21,22)/b15-11-. The molecule has 0 fully saturated rings. The Hall–Kier alpha value is -2.42. The number of nitrogens with one attached hydrogen (secondary N) is 1. The minimum absolute atomic E-state index is 0.111. The molecule has 3 nitrogen and oxygen atoms in total. The minimum Gasteiger partial charge on any atom is -0.326 e. The van der Waals surface area contributed by atoms with Crippen molar-refractivity contribution in [2.75, 3.05) is 5.32 Å². The molecule has 2 heterocycles. The van der Waals surface area contributed by atoms with Gasteiger partial charge < -0.3 is 5.32 Å². The SMILES string of the molecule is CCC/C(=C/c1cccnc1)c1ccc2c(c1)CCC(=O)N2. The summed E-state index contributed by atoms with van der Waals surface area (Å²) in [4.78, 5) is 15.6. The Kier molecular flexibility index (Phi) is 4.33. The number of hydrogen-bond acceptors (Lipinski definition) is 2. The van der Waals surface area contributed by atoms with Crippen molar-refractivity contribution in [2.45, 2.75) is 32.6 Å². The molecular formula is C19H20N2O. The molecule has 3 rings (SSSR count). The van der Waals surface area contributed by atoms with Gasteiger partial charge in [-0.3, -0.25) is 9.78 Å². The van der Waals surface area contributed by atoms with Crippen LogP contribution in [0.5, 0.6) is 0 Å². The molecule has 1 aromatic carbocycles. The molecule has 0 saturated heterocycles. The highest BCUT2D eigenvalue weighted by molar-refractivity contribution is 5.94. The number of carbonyl (C=O) groups is 1. The molecule has 0 saturated carbocycles. The summed E-state index contributed by atoms with van der Waals surface area (Å²) in [5, 5.41) is 2.94. The molecule has 1 aliphatic rings. The van der Waals surface area contributed by atoms with Crippen molar-refractivity contribution in [1.82, 2.24) is 4.98 Å². The van der Waals surface area contributed by atoms with Crippen molar-refractivity contribution in [2.24, 2.45) is 0 Å². The van der Waals surface area contributed by atoms with Crippen LogP contribution < -0.4 is 5.32 Å². The maximum Gasteiger partial charge on any atom is 0.224 e. The van der Waals surface area contributed by atoms with Crippen LogP contribution in [0.2, 0.25) is 0 Å². The number of aryl methyl sites for hydroxylation is 1. The first-order valence-corrected chi connectivity index (χ1v) is 7.80. The van der Waals surface area contributed by atoms with Gasteiger partial charge >= 0.3 is 0 Å². The van der Waals surface area contributed by atoms with Crippen molar-refractivity contribution in [3.8, 4) is 0 Å². The third-order valence-electron chi connectivity index (χ3n) is 3.92. The smallest absolute Gasteiger partial charge is 0.224 e. The summed E-state index contributed by atoms with van der Waals surface area (Å²) < 4.78 is 0. The van der Waals surface area contributed by atoms with Gasteiger partial charge in [0.25, 0.3) is 0 Å². The lowest BCUT2D eigenvalue weighted by Crippen LogP contribution is -2.18. The first-order chi connectivity index (χ1) is 10.8. The second-order valence-electron chi connectivity index (χ2n) is 5.63. The van der Waals surface area contributed by atoms with Crippen LogP contribution in [-0.4, -0.2) is 10.9 Å². The number of fused-ring (bicyclic) bond motifs is 1. The number of aromatic nitrogens is 1. The number of amides is 1. The summed E-state index contributed by atoms with van der Waals surface area (Å²) >= 11 is 0. The van der Waals surface area contributed by atoms with Gasteiger partial charge in [0.2, 0.25) is 5.91 Å². The van der Waals surface area contributed by atoms with E-state index < -0.39 is 0 Å². The van der Waals surface area contributed by atoms with E-state index in [0.717, 1.165) is 30.5 Å². The van der Waals surface area contributed by atoms with Gasteiger partial charge in [-0.05, 0) is 59.4 Å². The van der Waals surface area contributed by atoms with Gasteiger partial charge in [-0.15, -0.1) is 0 Å². The summed E-state index contributed by atoms with van der Waals surface area (Å²) in [6.07, 6.45) is 9.40. The summed E-state index contributed by atoms with van der Waals surface area (Å²) in [5.41, 5.74) is 5.86. The van der Waals surface area contributed by atoms with E-state index >= 15 is 0 Å². The molecule has 2 aromatic rings. The first kappa shape index (κ1) is 14.5. The summed E-state index contributed by atoms with van der Waals surface area (Å²) in [6, 6.07) is 10.4. The van der Waals surface area contributed by atoms with E-state index in [-0.39, 0.29) is 5.91 Å². The summed E-state index contributed by atoms with van der Waals surface area (Å²) in [6.45, 7) is 2.19. The Morgan fingerprint density at radius 1 is 1.32 bits per heavy atom. The van der Waals surface area contributed by atoms with Crippen molar-refractivity contribution in [1.29, 1.82) is 0 Å². The fourth-order valence-electron chi connectivity index (χ4n) is 2.81. The van der Waals surface area contributed by atoms with Gasteiger partial charge in [-0.2, -0.15) is 0 Å². The molecule has 0 aliphatic carbocycles. The molecular weight excluding hydrogens is 272 g/mol. The van der Waals surface area contributed by atoms with E-state index in [4.69, 9.17) is 0 Å². The van der Waals surface area contributed by atoms with Gasteiger partial charge in [-0.25, -0.2) is 0 Å². The predicted molar refractivity (Wildman–Crippen MR) is 90.4 cm³/mol. The Balaban J connectivity index is 1.95. The molecule has 1 amide bonds. The fourth-order valence-corrected chi connectivity index (χ4v) is 2.81. The average molecular weight is 292 g/mol. The molecule has 1 N–H and O–H groups in total. The van der Waals surface area contributed by atoms with Crippen molar-refractivity contribution >= 4 is 23.2 Å². The van der Waals surface area contributed by atoms with Crippen LogP contribution in [0.1, 0.15) is 42.9 Å². The number of carbonyl (C=O) groups excluding carboxylic acids is 1. The predicted octanol–water partition coefficient (Wildman–Crippen LogP) is 4.31. The van der Waals surface area contributed by atoms with Crippen molar-refractivity contribution < 1.29 is 4.79 Å². The monoisotopic (exact) mass is 292 g/mol. The quantitative estimate of drug-likeness (QED) is 0.912. The second-order valence-corrected chi connectivity index (χ2v) is 5.63. The molecule has 22 heavy (non-hydrogen) atoms. The number of benzene rings is 1. The highest BCUT2D eigenvalue weighted by atomic mass is 16.1. The van der Waals surface area contributed by atoms with E-state index in [1.807, 2.05) is 18.3 Å². The van der Waals surface area contributed by atoms with Crippen LogP contribution in [0, 0.1) is 0 Å². The number of pyridine rings is 1. The Labute approximate surface area is 131 Å². The number of allylic oxidation sites excluding steroid dienone is 1. The van der Waals surface area contributed by atoms with Gasteiger partial charge in [0.05, 0.1) is 0 Å². The third kappa shape index (κ3) is 3.25. The van der Waals surface area contributed by atoms with E-state index in [9.17, 15) is 4.79 Å². The lowest BCUT2D eigenvalue weighted by atomic mass is 9.94. The minimum atomic E-state index is 0.111. The van der Waals surface area contributed by atoms with Crippen LogP contribution in [0.3, 0.4) is 0 Å². The highest BCUT2D eigenvalue weighted by Gasteiger charge is 2.15. The molecule has 3 heteroatoms. The van der Waals surface area contributed by atoms with Crippen molar-refractivity contribution in [3.63, 3.8) is 0 Å². The number of rotatable bonds is 4. The Bertz CT molecular complexity index is 705. The maximum absolute atomic E-state index is 11.5. The van der Waals surface area contributed by atoms with Gasteiger partial charge in [0.1, 0.15) is 0 Å². The van der Waals surface area contributed by atoms with Crippen LogP contribution in [0.25, 0.3) is 11.6 Å². The zero-order valence-electron chi connectivity index (χ0n) is 12.8. The first-order valence-electron chi connectivity index (χ1n) is 7.80. The zero-order valence-corrected chi connectivity index (χ0v) is 12.8. The van der Waals surface area contributed by atoms with Crippen LogP contribution in [-0.2, 0) is 11.2 Å². The van der Waals surface area contributed by atoms with Crippen molar-refractivity contribution in [3.05, 3.63) is 59.4 Å². The molecule has 0 bridgehead atoms. The lowest BCUT2D eigenvalue weighted by Gasteiger charge is -2.18. The molecule has 1 aromatic heterocycles. The van der Waals surface area contributed by atoms with Gasteiger partial charge in [0.15, 0.2) is 0 Å². The van der Waals surface area contributed by atoms with Gasteiger partial charge in [0, 0.05) is 24.5 Å². The summed E-state index contributed by atoms with van der Waals surface area (Å²) in [5.74, 6) is 0.111. The molecule has 0 spiro atoms. The van der Waals surface area contributed by atoms with E-state index in [1.54, 1.807) is 6.20 Å². The molecule has 0 atom stereocenters. The largest absolute Gasteiger partial charge is 0.326 e. The molecule has 0 radical (unpaired) electrons. The molecule has 1 aliphatic heterocycles. The normalized spacial score (nSPS) is 14.4. The fraction of sp³-hybridized carbons (Fsp3) is 0.263. The number of nitrogens with zero attached hydrogens (tertiary/aromatic N) is 1. The number of hydrogen-bond donors (Lipinski definition) is 1. The van der Waals surface area contributed by atoms with Crippen LogP contribution in [0.4, 0.5) is 5.69 Å². The van der Waals surface area contributed by atoms with E-state index in [1.165, 1.54) is 16.7 Å². The van der Waals surface area contributed by atoms with E-state index in [2.05, 4.69) is 41.5 Å². The van der Waals surface area contributed by atoms with Crippen LogP contribution in [0.15, 0.2) is 42.7 Å². The molecule has 112 valence electrons. The van der Waals surface area contributed by atoms with E-state index in [0.29, 0.717) is 6.42 Å². The highest BCUT2D eigenvalue weighted by Crippen LogP contribution is 2.29. The van der Waals surface area contributed by atoms with Gasteiger partial charge in [-0.1, -0.05) is 25.5 Å². The van der Waals surface area contributed by atoms with Crippen LogP contribution >= 0.6 is 0 Å². The third-order valence-corrected chi connectivity index (χ3v) is 3.92. The zero-order chi connectivity index (χ0) is 15.4. The molecule has 0 unspecified atom stereocenters. The Morgan fingerprint density at radius 2 is 2.23 bits per heavy atom. The number of anilines is 1. The Morgan fingerprint density at radius 3 is 3.00 bits per heavy atom. The maximum atomic E-state index is 11.5. The lowest BCUT2D eigenvalue weighted by molar-refractivity contribution is -0.116. The second kappa shape index (κ2) is 6.56. The average Bonchev–Trinajstić information content (AvgIpc) is 2.55. The summed E-state index contributed by atoms with van der Waals surface area (Å²) in [7, 11) is 0. The topological polar surface area (TPSA) is 42.0 Å².